The van der Waals surface area contributed by atoms with Crippen LogP contribution in [-0.2, 0) is 0 Å². The molecule has 6 nitrogen and oxygen atoms in total. The second kappa shape index (κ2) is 6.73. The van der Waals surface area contributed by atoms with Crippen molar-refractivity contribution >= 4 is 23.2 Å². The molecule has 0 unspecified atom stereocenters. The van der Waals surface area contributed by atoms with Gasteiger partial charge in [0.15, 0.2) is 5.65 Å². The molecule has 3 heterocycles. The first kappa shape index (κ1) is 18.7. The molecule has 3 aromatic rings. The molecule has 1 saturated carbocycles. The minimum absolute atomic E-state index is 0.0187. The topological polar surface area (TPSA) is 72.2 Å². The summed E-state index contributed by atoms with van der Waals surface area (Å²) in [6.07, 6.45) is 0.660. The summed E-state index contributed by atoms with van der Waals surface area (Å²) in [6.45, 7) is 1.76. The molecule has 1 aliphatic carbocycles. The molecule has 1 amide bonds. The lowest BCUT2D eigenvalue weighted by Crippen LogP contribution is -2.46. The summed E-state index contributed by atoms with van der Waals surface area (Å²) in [5.74, 6) is -1.42. The molecular formula is C18H15ClF3N5O. The monoisotopic (exact) mass is 409 g/mol. The fourth-order valence-corrected chi connectivity index (χ4v) is 3.26. The van der Waals surface area contributed by atoms with Crippen LogP contribution >= 0.6 is 11.6 Å². The molecule has 10 heteroatoms. The summed E-state index contributed by atoms with van der Waals surface area (Å²) in [5, 5.41) is 6.62. The minimum Gasteiger partial charge on any atom is -0.340 e. The first-order chi connectivity index (χ1) is 13.2. The highest BCUT2D eigenvalue weighted by molar-refractivity contribution is 6.30. The van der Waals surface area contributed by atoms with Crippen molar-refractivity contribution in [2.75, 3.05) is 0 Å². The number of halogens is 4. The molecule has 0 bridgehead atoms. The summed E-state index contributed by atoms with van der Waals surface area (Å²) in [4.78, 5) is 21.0. The van der Waals surface area contributed by atoms with Crippen LogP contribution in [0.2, 0.25) is 5.02 Å². The fourth-order valence-electron chi connectivity index (χ4n) is 3.09. The van der Waals surface area contributed by atoms with Crippen LogP contribution in [0.25, 0.3) is 16.9 Å². The highest BCUT2D eigenvalue weighted by Crippen LogP contribution is 2.40. The molecule has 0 radical (unpaired) electrons. The Kier molecular flexibility index (Phi) is 4.49. The van der Waals surface area contributed by atoms with Crippen molar-refractivity contribution in [3.63, 3.8) is 0 Å². The second-order valence-electron chi connectivity index (χ2n) is 6.80. The SMILES string of the molecule is Cc1cc(-c2cncc(Cl)c2)nc2c(C(=O)N[C@@H](C3CC3)C(F)(F)F)cnn12. The molecule has 1 atom stereocenters. The van der Waals surface area contributed by atoms with Gasteiger partial charge < -0.3 is 5.32 Å². The molecule has 0 aliphatic heterocycles. The number of rotatable bonds is 4. The van der Waals surface area contributed by atoms with Gasteiger partial charge >= 0.3 is 6.18 Å². The lowest BCUT2D eigenvalue weighted by molar-refractivity contribution is -0.158. The standard InChI is InChI=1S/C18H15ClF3N5O/c1-9-4-14(11-5-12(19)7-23-6-11)25-16-13(8-24-27(9)16)17(28)26-15(10-2-3-10)18(20,21)22/h4-8,10,15H,2-3H2,1H3,(H,26,28)/t15-/m0/s1. The summed E-state index contributed by atoms with van der Waals surface area (Å²) >= 11 is 5.97. The number of hydrogen-bond acceptors (Lipinski definition) is 4. The van der Waals surface area contributed by atoms with Gasteiger partial charge in [0, 0.05) is 23.7 Å². The van der Waals surface area contributed by atoms with E-state index in [1.165, 1.54) is 16.9 Å². The van der Waals surface area contributed by atoms with Crippen molar-refractivity contribution in [1.29, 1.82) is 0 Å². The van der Waals surface area contributed by atoms with E-state index < -0.39 is 24.0 Å². The molecular weight excluding hydrogens is 395 g/mol. The van der Waals surface area contributed by atoms with Gasteiger partial charge in [0.1, 0.15) is 11.6 Å². The number of fused-ring (bicyclic) bond motifs is 1. The average molecular weight is 410 g/mol. The summed E-state index contributed by atoms with van der Waals surface area (Å²) in [6, 6.07) is 1.53. The third-order valence-corrected chi connectivity index (χ3v) is 4.83. The zero-order valence-electron chi connectivity index (χ0n) is 14.7. The number of amides is 1. The number of hydrogen-bond donors (Lipinski definition) is 1. The van der Waals surface area contributed by atoms with E-state index in [0.29, 0.717) is 34.8 Å². The lowest BCUT2D eigenvalue weighted by atomic mass is 10.1. The Morgan fingerprint density at radius 3 is 2.68 bits per heavy atom. The number of carbonyl (C=O) groups excluding carboxylic acids is 1. The van der Waals surface area contributed by atoms with Crippen molar-refractivity contribution in [3.8, 4) is 11.3 Å². The van der Waals surface area contributed by atoms with E-state index in [9.17, 15) is 18.0 Å². The zero-order valence-corrected chi connectivity index (χ0v) is 15.4. The van der Waals surface area contributed by atoms with Gasteiger partial charge in [0.25, 0.3) is 5.91 Å². The van der Waals surface area contributed by atoms with Crippen LogP contribution in [0.1, 0.15) is 28.9 Å². The number of nitrogens with zero attached hydrogens (tertiary/aromatic N) is 4. The molecule has 1 N–H and O–H groups in total. The van der Waals surface area contributed by atoms with E-state index in [-0.39, 0.29) is 11.2 Å². The van der Waals surface area contributed by atoms with E-state index in [4.69, 9.17) is 11.6 Å². The summed E-state index contributed by atoms with van der Waals surface area (Å²) < 4.78 is 41.1. The van der Waals surface area contributed by atoms with E-state index in [1.54, 1.807) is 25.3 Å². The van der Waals surface area contributed by atoms with Gasteiger partial charge in [-0.05, 0) is 37.8 Å². The van der Waals surface area contributed by atoms with Crippen LogP contribution in [0.5, 0.6) is 0 Å². The Balaban J connectivity index is 1.72. The molecule has 0 aromatic carbocycles. The van der Waals surface area contributed by atoms with Gasteiger partial charge in [0.2, 0.25) is 0 Å². The molecule has 4 rings (SSSR count). The van der Waals surface area contributed by atoms with Gasteiger partial charge in [-0.2, -0.15) is 18.3 Å². The van der Waals surface area contributed by atoms with E-state index in [2.05, 4.69) is 20.4 Å². The molecule has 1 fully saturated rings. The third-order valence-electron chi connectivity index (χ3n) is 4.63. The predicted molar refractivity (Wildman–Crippen MR) is 96.0 cm³/mol. The van der Waals surface area contributed by atoms with Crippen molar-refractivity contribution in [1.82, 2.24) is 24.9 Å². The van der Waals surface area contributed by atoms with Gasteiger partial charge in [-0.15, -0.1) is 0 Å². The van der Waals surface area contributed by atoms with Crippen LogP contribution in [-0.4, -0.2) is 37.7 Å². The highest BCUT2D eigenvalue weighted by atomic mass is 35.5. The number of carbonyl (C=O) groups is 1. The molecule has 28 heavy (non-hydrogen) atoms. The van der Waals surface area contributed by atoms with Crippen molar-refractivity contribution < 1.29 is 18.0 Å². The van der Waals surface area contributed by atoms with Gasteiger partial charge in [0.05, 0.1) is 16.9 Å². The number of aromatic nitrogens is 4. The van der Waals surface area contributed by atoms with Gasteiger partial charge in [-0.1, -0.05) is 11.6 Å². The second-order valence-corrected chi connectivity index (χ2v) is 7.23. The zero-order chi connectivity index (χ0) is 20.1. The maximum Gasteiger partial charge on any atom is 0.408 e. The highest BCUT2D eigenvalue weighted by Gasteiger charge is 2.49. The minimum atomic E-state index is -4.50. The predicted octanol–water partition coefficient (Wildman–Crippen LogP) is 3.82. The maximum atomic E-state index is 13.2. The van der Waals surface area contributed by atoms with Gasteiger partial charge in [-0.3, -0.25) is 9.78 Å². The molecule has 1 aliphatic rings. The Morgan fingerprint density at radius 1 is 1.29 bits per heavy atom. The van der Waals surface area contributed by atoms with Crippen LogP contribution in [0.15, 0.2) is 30.7 Å². The summed E-state index contributed by atoms with van der Waals surface area (Å²) in [5.41, 5.74) is 1.92. The first-order valence-corrected chi connectivity index (χ1v) is 8.95. The molecule has 0 saturated heterocycles. The number of nitrogens with one attached hydrogen (secondary N) is 1. The fraction of sp³-hybridized carbons (Fsp3) is 0.333. The Bertz CT molecular complexity index is 1060. The first-order valence-electron chi connectivity index (χ1n) is 8.58. The van der Waals surface area contributed by atoms with Gasteiger partial charge in [-0.25, -0.2) is 9.50 Å². The summed E-state index contributed by atoms with van der Waals surface area (Å²) in [7, 11) is 0. The van der Waals surface area contributed by atoms with E-state index >= 15 is 0 Å². The number of aryl methyl sites for hydroxylation is 1. The Labute approximate surface area is 162 Å². The Morgan fingerprint density at radius 2 is 2.04 bits per heavy atom. The molecule has 0 spiro atoms. The smallest absolute Gasteiger partial charge is 0.340 e. The molecule has 146 valence electrons. The van der Waals surface area contributed by atoms with Crippen molar-refractivity contribution in [2.45, 2.75) is 32.0 Å². The molecule has 3 aromatic heterocycles. The largest absolute Gasteiger partial charge is 0.408 e. The van der Waals surface area contributed by atoms with Crippen molar-refractivity contribution in [2.24, 2.45) is 5.92 Å². The average Bonchev–Trinajstić information content (AvgIpc) is 3.36. The Hall–Kier alpha value is -2.68. The van der Waals surface area contributed by atoms with Crippen LogP contribution in [0.3, 0.4) is 0 Å². The van der Waals surface area contributed by atoms with Crippen LogP contribution < -0.4 is 5.32 Å². The van der Waals surface area contributed by atoms with E-state index in [0.717, 1.165) is 0 Å². The van der Waals surface area contributed by atoms with Crippen LogP contribution in [0, 0.1) is 12.8 Å². The normalized spacial score (nSPS) is 15.6. The lowest BCUT2D eigenvalue weighted by Gasteiger charge is -2.20. The quantitative estimate of drug-likeness (QED) is 0.711. The number of alkyl halides is 3. The number of pyridine rings is 1. The third kappa shape index (κ3) is 3.54. The maximum absolute atomic E-state index is 13.2. The van der Waals surface area contributed by atoms with E-state index in [1.807, 2.05) is 0 Å². The van der Waals surface area contributed by atoms with Crippen LogP contribution in [0.4, 0.5) is 13.2 Å². The van der Waals surface area contributed by atoms with Crippen molar-refractivity contribution in [3.05, 3.63) is 47.0 Å².